The molecule has 0 saturated carbocycles. The van der Waals surface area contributed by atoms with Gasteiger partial charge in [0.25, 0.3) is 0 Å². The Labute approximate surface area is 141 Å². The molecule has 1 unspecified atom stereocenters. The van der Waals surface area contributed by atoms with Gasteiger partial charge in [-0.05, 0) is 37.5 Å². The molecule has 24 heavy (non-hydrogen) atoms. The second-order valence-corrected chi connectivity index (χ2v) is 8.14. The number of hydrogen-bond acceptors (Lipinski definition) is 4. The molecule has 1 aromatic heterocycles. The molecular weight excluding hydrogens is 328 g/mol. The van der Waals surface area contributed by atoms with Crippen molar-refractivity contribution in [3.63, 3.8) is 0 Å². The minimum atomic E-state index is -3.27. The van der Waals surface area contributed by atoms with E-state index in [2.05, 4.69) is 14.7 Å². The van der Waals surface area contributed by atoms with Crippen molar-refractivity contribution in [2.75, 3.05) is 19.3 Å². The van der Waals surface area contributed by atoms with E-state index < -0.39 is 10.0 Å². The Hall–Kier alpha value is -1.93. The van der Waals surface area contributed by atoms with Crippen LogP contribution in [0.3, 0.4) is 0 Å². The smallest absolute Gasteiger partial charge is 0.224 e. The van der Waals surface area contributed by atoms with E-state index >= 15 is 0 Å². The zero-order chi connectivity index (χ0) is 17.3. The van der Waals surface area contributed by atoms with Crippen LogP contribution in [0.2, 0.25) is 0 Å². The lowest BCUT2D eigenvalue weighted by Gasteiger charge is -2.23. The van der Waals surface area contributed by atoms with Crippen molar-refractivity contribution in [2.24, 2.45) is 0 Å². The number of fused-ring (bicyclic) bond motifs is 1. The van der Waals surface area contributed by atoms with Crippen molar-refractivity contribution < 1.29 is 13.2 Å². The summed E-state index contributed by atoms with van der Waals surface area (Å²) in [6.07, 6.45) is 3.03. The van der Waals surface area contributed by atoms with Crippen LogP contribution in [0, 0.1) is 6.92 Å². The SMILES string of the molecule is Cc1ccc2nc(C3CCCN3C(=O)CCNS(C)(=O)=O)[nH]c2c1. The van der Waals surface area contributed by atoms with E-state index in [4.69, 9.17) is 0 Å². The molecule has 1 atom stereocenters. The number of hydrogen-bond donors (Lipinski definition) is 2. The quantitative estimate of drug-likeness (QED) is 0.854. The number of imidazole rings is 1. The van der Waals surface area contributed by atoms with Crippen molar-refractivity contribution in [2.45, 2.75) is 32.2 Å². The minimum Gasteiger partial charge on any atom is -0.340 e. The Morgan fingerprint density at radius 2 is 2.25 bits per heavy atom. The fourth-order valence-corrected chi connectivity index (χ4v) is 3.61. The average Bonchev–Trinajstić information content (AvgIpc) is 3.11. The van der Waals surface area contributed by atoms with Gasteiger partial charge in [0.15, 0.2) is 0 Å². The molecule has 3 rings (SSSR count). The van der Waals surface area contributed by atoms with Gasteiger partial charge in [-0.15, -0.1) is 0 Å². The highest BCUT2D eigenvalue weighted by Gasteiger charge is 2.31. The molecule has 2 N–H and O–H groups in total. The van der Waals surface area contributed by atoms with Gasteiger partial charge in [-0.25, -0.2) is 18.1 Å². The van der Waals surface area contributed by atoms with Crippen LogP contribution in [0.4, 0.5) is 0 Å². The van der Waals surface area contributed by atoms with E-state index in [1.165, 1.54) is 0 Å². The summed E-state index contributed by atoms with van der Waals surface area (Å²) in [5.41, 5.74) is 3.03. The van der Waals surface area contributed by atoms with Gasteiger partial charge in [0.05, 0.1) is 23.3 Å². The maximum absolute atomic E-state index is 12.4. The lowest BCUT2D eigenvalue weighted by molar-refractivity contribution is -0.132. The number of nitrogens with one attached hydrogen (secondary N) is 2. The summed E-state index contributed by atoms with van der Waals surface area (Å²) in [4.78, 5) is 22.2. The second kappa shape index (κ2) is 6.52. The number of sulfonamides is 1. The fraction of sp³-hybridized carbons (Fsp3) is 0.500. The first-order chi connectivity index (χ1) is 11.3. The van der Waals surface area contributed by atoms with E-state index in [9.17, 15) is 13.2 Å². The second-order valence-electron chi connectivity index (χ2n) is 6.30. The maximum atomic E-state index is 12.4. The molecule has 130 valence electrons. The van der Waals surface area contributed by atoms with Gasteiger partial charge in [0, 0.05) is 19.5 Å². The summed E-state index contributed by atoms with van der Waals surface area (Å²) in [7, 11) is -3.27. The molecule has 2 aromatic rings. The number of aromatic amines is 1. The summed E-state index contributed by atoms with van der Waals surface area (Å²) in [5.74, 6) is 0.753. The number of rotatable bonds is 5. The number of carbonyl (C=O) groups is 1. The van der Waals surface area contributed by atoms with Crippen LogP contribution in [0.25, 0.3) is 11.0 Å². The molecule has 1 aliphatic rings. The number of aryl methyl sites for hydroxylation is 1. The first-order valence-corrected chi connectivity index (χ1v) is 9.93. The topological polar surface area (TPSA) is 95.2 Å². The monoisotopic (exact) mass is 350 g/mol. The van der Waals surface area contributed by atoms with E-state index in [-0.39, 0.29) is 24.9 Å². The molecule has 0 spiro atoms. The molecule has 1 aliphatic heterocycles. The molecule has 0 bridgehead atoms. The highest BCUT2D eigenvalue weighted by molar-refractivity contribution is 7.88. The predicted octanol–water partition coefficient (Wildman–Crippen LogP) is 1.47. The Morgan fingerprint density at radius 1 is 1.46 bits per heavy atom. The molecule has 1 fully saturated rings. The Morgan fingerprint density at radius 3 is 3.00 bits per heavy atom. The molecule has 0 aliphatic carbocycles. The minimum absolute atomic E-state index is 0.0507. The van der Waals surface area contributed by atoms with E-state index in [1.807, 2.05) is 25.1 Å². The summed E-state index contributed by atoms with van der Waals surface area (Å²) in [6.45, 7) is 2.83. The highest BCUT2D eigenvalue weighted by Crippen LogP contribution is 2.31. The number of carbonyl (C=O) groups excluding carboxylic acids is 1. The summed E-state index contributed by atoms with van der Waals surface area (Å²) >= 11 is 0. The third kappa shape index (κ3) is 3.76. The third-order valence-corrected chi connectivity index (χ3v) is 4.98. The van der Waals surface area contributed by atoms with Crippen molar-refractivity contribution >= 4 is 27.0 Å². The van der Waals surface area contributed by atoms with Gasteiger partial charge in [-0.1, -0.05) is 6.07 Å². The van der Waals surface area contributed by atoms with Crippen LogP contribution >= 0.6 is 0 Å². The lowest BCUT2D eigenvalue weighted by Crippen LogP contribution is -2.34. The standard InChI is InChI=1S/C16H22N4O3S/c1-11-5-6-12-13(10-11)19-16(18-12)14-4-3-9-20(14)15(21)7-8-17-24(2,22)23/h5-6,10,14,17H,3-4,7-9H2,1-2H3,(H,18,19). The van der Waals surface area contributed by atoms with Crippen LogP contribution in [0.5, 0.6) is 0 Å². The lowest BCUT2D eigenvalue weighted by atomic mass is 10.2. The van der Waals surface area contributed by atoms with Gasteiger partial charge in [-0.2, -0.15) is 0 Å². The van der Waals surface area contributed by atoms with E-state index in [0.717, 1.165) is 41.5 Å². The summed E-state index contributed by atoms with van der Waals surface area (Å²) < 4.78 is 24.6. The fourth-order valence-electron chi connectivity index (χ4n) is 3.14. The molecule has 2 heterocycles. The number of amides is 1. The molecule has 0 radical (unpaired) electrons. The largest absolute Gasteiger partial charge is 0.340 e. The predicted molar refractivity (Wildman–Crippen MR) is 92.0 cm³/mol. The van der Waals surface area contributed by atoms with Crippen molar-refractivity contribution in [1.29, 1.82) is 0 Å². The van der Waals surface area contributed by atoms with Crippen LogP contribution in [0.15, 0.2) is 18.2 Å². The zero-order valence-electron chi connectivity index (χ0n) is 13.9. The van der Waals surface area contributed by atoms with Crippen molar-refractivity contribution in [1.82, 2.24) is 19.6 Å². The molecule has 8 heteroatoms. The van der Waals surface area contributed by atoms with Gasteiger partial charge >= 0.3 is 0 Å². The van der Waals surface area contributed by atoms with Gasteiger partial charge < -0.3 is 9.88 Å². The molecule has 1 aromatic carbocycles. The Balaban J connectivity index is 1.73. The molecular formula is C16H22N4O3S. The number of benzene rings is 1. The molecule has 7 nitrogen and oxygen atoms in total. The number of H-pyrrole nitrogens is 1. The Kier molecular flexibility index (Phi) is 4.60. The van der Waals surface area contributed by atoms with Crippen molar-refractivity contribution in [3.8, 4) is 0 Å². The summed E-state index contributed by atoms with van der Waals surface area (Å²) in [5, 5.41) is 0. The van der Waals surface area contributed by atoms with E-state index in [1.54, 1.807) is 4.90 Å². The number of aromatic nitrogens is 2. The third-order valence-electron chi connectivity index (χ3n) is 4.25. The van der Waals surface area contributed by atoms with Gasteiger partial charge in [-0.3, -0.25) is 4.79 Å². The molecule has 1 saturated heterocycles. The zero-order valence-corrected chi connectivity index (χ0v) is 14.7. The first-order valence-electron chi connectivity index (χ1n) is 8.04. The summed E-state index contributed by atoms with van der Waals surface area (Å²) in [6, 6.07) is 5.97. The van der Waals surface area contributed by atoms with Crippen molar-refractivity contribution in [3.05, 3.63) is 29.6 Å². The number of likely N-dealkylation sites (tertiary alicyclic amines) is 1. The van der Waals surface area contributed by atoms with E-state index in [0.29, 0.717) is 6.54 Å². The normalized spacial score (nSPS) is 18.4. The number of nitrogens with zero attached hydrogens (tertiary/aromatic N) is 2. The van der Waals surface area contributed by atoms with Crippen LogP contribution in [0.1, 0.15) is 36.7 Å². The Bertz CT molecular complexity index is 859. The van der Waals surface area contributed by atoms with Crippen LogP contribution in [-0.2, 0) is 14.8 Å². The van der Waals surface area contributed by atoms with Gasteiger partial charge in [0.2, 0.25) is 15.9 Å². The average molecular weight is 350 g/mol. The maximum Gasteiger partial charge on any atom is 0.224 e. The van der Waals surface area contributed by atoms with Crippen LogP contribution in [-0.4, -0.2) is 48.5 Å². The molecule has 1 amide bonds. The van der Waals surface area contributed by atoms with Gasteiger partial charge in [0.1, 0.15) is 5.82 Å². The highest BCUT2D eigenvalue weighted by atomic mass is 32.2. The first kappa shape index (κ1) is 16.9. The van der Waals surface area contributed by atoms with Crippen LogP contribution < -0.4 is 4.72 Å².